The standard InChI is InChI=1S/C17H19NO3/c19-11-10-18-17(21)15-12-14(8-9-16(15)20)7-6-13-4-2-1-3-5-13/h1-5,8-9,12,19-20H,6-7,10-11H2,(H,18,21). The predicted octanol–water partition coefficient (Wildman–Crippen LogP) is 1.90. The van der Waals surface area contributed by atoms with Crippen LogP contribution < -0.4 is 5.32 Å². The van der Waals surface area contributed by atoms with Gasteiger partial charge in [0.05, 0.1) is 12.2 Å². The van der Waals surface area contributed by atoms with Gasteiger partial charge in [0.1, 0.15) is 5.75 Å². The summed E-state index contributed by atoms with van der Waals surface area (Å²) in [5.74, 6) is -0.419. The van der Waals surface area contributed by atoms with Crippen molar-refractivity contribution >= 4 is 5.91 Å². The molecule has 0 spiro atoms. The smallest absolute Gasteiger partial charge is 0.255 e. The molecular formula is C17H19NO3. The molecule has 4 nitrogen and oxygen atoms in total. The maximum atomic E-state index is 11.9. The first kappa shape index (κ1) is 15.1. The second kappa shape index (κ2) is 7.45. The van der Waals surface area contributed by atoms with Gasteiger partial charge in [-0.05, 0) is 36.1 Å². The third-order valence-electron chi connectivity index (χ3n) is 3.25. The van der Waals surface area contributed by atoms with Crippen LogP contribution in [0.3, 0.4) is 0 Å². The molecule has 21 heavy (non-hydrogen) atoms. The number of phenolic OH excluding ortho intramolecular Hbond substituents is 1. The molecule has 1 amide bonds. The highest BCUT2D eigenvalue weighted by molar-refractivity contribution is 5.96. The lowest BCUT2D eigenvalue weighted by molar-refractivity contribution is 0.0942. The van der Waals surface area contributed by atoms with E-state index in [-0.39, 0.29) is 30.4 Å². The summed E-state index contributed by atoms with van der Waals surface area (Å²) >= 11 is 0. The minimum atomic E-state index is -0.372. The third-order valence-corrected chi connectivity index (χ3v) is 3.25. The van der Waals surface area contributed by atoms with E-state index in [4.69, 9.17) is 5.11 Å². The van der Waals surface area contributed by atoms with Crippen molar-refractivity contribution in [1.29, 1.82) is 0 Å². The second-order valence-electron chi connectivity index (χ2n) is 4.82. The van der Waals surface area contributed by atoms with Gasteiger partial charge in [-0.1, -0.05) is 36.4 Å². The Morgan fingerprint density at radius 2 is 1.71 bits per heavy atom. The lowest BCUT2D eigenvalue weighted by Gasteiger charge is -2.08. The van der Waals surface area contributed by atoms with E-state index in [1.807, 2.05) is 24.3 Å². The number of carbonyl (C=O) groups excluding carboxylic acids is 1. The first-order valence-corrected chi connectivity index (χ1v) is 6.95. The van der Waals surface area contributed by atoms with Gasteiger partial charge in [0.15, 0.2) is 0 Å². The second-order valence-corrected chi connectivity index (χ2v) is 4.82. The molecule has 0 saturated carbocycles. The zero-order chi connectivity index (χ0) is 15.1. The number of aromatic hydroxyl groups is 1. The Labute approximate surface area is 124 Å². The van der Waals surface area contributed by atoms with Crippen LogP contribution in [0, 0.1) is 0 Å². The van der Waals surface area contributed by atoms with Gasteiger partial charge in [-0.15, -0.1) is 0 Å². The van der Waals surface area contributed by atoms with Crippen LogP contribution in [0.5, 0.6) is 5.75 Å². The highest BCUT2D eigenvalue weighted by atomic mass is 16.3. The molecule has 0 aliphatic heterocycles. The van der Waals surface area contributed by atoms with Gasteiger partial charge >= 0.3 is 0 Å². The van der Waals surface area contributed by atoms with Gasteiger partial charge in [-0.25, -0.2) is 0 Å². The highest BCUT2D eigenvalue weighted by Gasteiger charge is 2.11. The first-order chi connectivity index (χ1) is 10.2. The van der Waals surface area contributed by atoms with Crippen molar-refractivity contribution in [3.63, 3.8) is 0 Å². The van der Waals surface area contributed by atoms with E-state index in [9.17, 15) is 9.90 Å². The number of aryl methyl sites for hydroxylation is 2. The number of amides is 1. The number of aliphatic hydroxyl groups excluding tert-OH is 1. The molecule has 0 unspecified atom stereocenters. The Morgan fingerprint density at radius 3 is 2.43 bits per heavy atom. The molecule has 0 radical (unpaired) electrons. The van der Waals surface area contributed by atoms with E-state index in [1.54, 1.807) is 6.07 Å². The maximum Gasteiger partial charge on any atom is 0.255 e. The van der Waals surface area contributed by atoms with E-state index >= 15 is 0 Å². The normalized spacial score (nSPS) is 10.3. The van der Waals surface area contributed by atoms with Crippen LogP contribution in [0.1, 0.15) is 21.5 Å². The van der Waals surface area contributed by atoms with E-state index in [2.05, 4.69) is 17.4 Å². The predicted molar refractivity (Wildman–Crippen MR) is 81.4 cm³/mol. The molecule has 3 N–H and O–H groups in total. The molecule has 0 bridgehead atoms. The van der Waals surface area contributed by atoms with Gasteiger partial charge in [0.2, 0.25) is 0 Å². The number of carbonyl (C=O) groups is 1. The molecule has 2 aromatic rings. The van der Waals surface area contributed by atoms with Crippen molar-refractivity contribution in [2.24, 2.45) is 0 Å². The highest BCUT2D eigenvalue weighted by Crippen LogP contribution is 2.19. The Morgan fingerprint density at radius 1 is 1.00 bits per heavy atom. The molecule has 4 heteroatoms. The first-order valence-electron chi connectivity index (χ1n) is 6.95. The molecule has 0 aromatic heterocycles. The molecule has 2 rings (SSSR count). The number of hydrogen-bond acceptors (Lipinski definition) is 3. The summed E-state index contributed by atoms with van der Waals surface area (Å²) in [6.07, 6.45) is 1.67. The number of rotatable bonds is 6. The minimum Gasteiger partial charge on any atom is -0.507 e. The summed E-state index contributed by atoms with van der Waals surface area (Å²) in [4.78, 5) is 11.9. The van der Waals surface area contributed by atoms with E-state index in [1.165, 1.54) is 11.6 Å². The van der Waals surface area contributed by atoms with Crippen LogP contribution in [0.4, 0.5) is 0 Å². The van der Waals surface area contributed by atoms with Gasteiger partial charge in [-0.3, -0.25) is 4.79 Å². The molecule has 0 atom stereocenters. The summed E-state index contributed by atoms with van der Waals surface area (Å²) in [6, 6.07) is 15.2. The average molecular weight is 285 g/mol. The van der Waals surface area contributed by atoms with E-state index in [0.29, 0.717) is 0 Å². The Bertz CT molecular complexity index is 596. The quantitative estimate of drug-likeness (QED) is 0.759. The van der Waals surface area contributed by atoms with Crippen LogP contribution in [-0.2, 0) is 12.8 Å². The number of phenols is 1. The number of benzene rings is 2. The molecule has 0 aliphatic rings. The van der Waals surface area contributed by atoms with Gasteiger partial charge < -0.3 is 15.5 Å². The third kappa shape index (κ3) is 4.33. The molecular weight excluding hydrogens is 266 g/mol. The summed E-state index contributed by atoms with van der Waals surface area (Å²) in [5.41, 5.74) is 2.47. The molecule has 110 valence electrons. The van der Waals surface area contributed by atoms with E-state index < -0.39 is 0 Å². The zero-order valence-corrected chi connectivity index (χ0v) is 11.7. The SMILES string of the molecule is O=C(NCCO)c1cc(CCc2ccccc2)ccc1O. The van der Waals surface area contributed by atoms with Crippen molar-refractivity contribution in [3.05, 3.63) is 65.2 Å². The summed E-state index contributed by atoms with van der Waals surface area (Å²) in [6.45, 7) is 0.0483. The van der Waals surface area contributed by atoms with Crippen molar-refractivity contribution in [2.45, 2.75) is 12.8 Å². The average Bonchev–Trinajstić information content (AvgIpc) is 2.52. The summed E-state index contributed by atoms with van der Waals surface area (Å²) in [5, 5.41) is 21.0. The molecule has 0 fully saturated rings. The molecule has 2 aromatic carbocycles. The summed E-state index contributed by atoms with van der Waals surface area (Å²) in [7, 11) is 0. The van der Waals surface area contributed by atoms with Gasteiger partial charge in [0, 0.05) is 6.54 Å². The number of aliphatic hydroxyl groups is 1. The van der Waals surface area contributed by atoms with Crippen LogP contribution in [0.15, 0.2) is 48.5 Å². The fourth-order valence-corrected chi connectivity index (χ4v) is 2.12. The monoisotopic (exact) mass is 285 g/mol. The van der Waals surface area contributed by atoms with Gasteiger partial charge in [-0.2, -0.15) is 0 Å². The zero-order valence-electron chi connectivity index (χ0n) is 11.7. The molecule has 0 heterocycles. The van der Waals surface area contributed by atoms with E-state index in [0.717, 1.165) is 18.4 Å². The van der Waals surface area contributed by atoms with Gasteiger partial charge in [0.25, 0.3) is 5.91 Å². The van der Waals surface area contributed by atoms with Crippen LogP contribution >= 0.6 is 0 Å². The maximum absolute atomic E-state index is 11.9. The Balaban J connectivity index is 2.06. The summed E-state index contributed by atoms with van der Waals surface area (Å²) < 4.78 is 0. The van der Waals surface area contributed by atoms with Crippen LogP contribution in [0.25, 0.3) is 0 Å². The lowest BCUT2D eigenvalue weighted by atomic mass is 10.0. The largest absolute Gasteiger partial charge is 0.507 e. The lowest BCUT2D eigenvalue weighted by Crippen LogP contribution is -2.26. The Hall–Kier alpha value is -2.33. The van der Waals surface area contributed by atoms with Crippen molar-refractivity contribution in [1.82, 2.24) is 5.32 Å². The van der Waals surface area contributed by atoms with Crippen molar-refractivity contribution < 1.29 is 15.0 Å². The fraction of sp³-hybridized carbons (Fsp3) is 0.235. The topological polar surface area (TPSA) is 69.6 Å². The van der Waals surface area contributed by atoms with Crippen LogP contribution in [0.2, 0.25) is 0 Å². The molecule has 0 aliphatic carbocycles. The minimum absolute atomic E-state index is 0.0473. The Kier molecular flexibility index (Phi) is 5.35. The van der Waals surface area contributed by atoms with Crippen molar-refractivity contribution in [2.75, 3.05) is 13.2 Å². The van der Waals surface area contributed by atoms with Crippen molar-refractivity contribution in [3.8, 4) is 5.75 Å². The fourth-order valence-electron chi connectivity index (χ4n) is 2.12. The number of nitrogens with one attached hydrogen (secondary N) is 1. The molecule has 0 saturated heterocycles. The van der Waals surface area contributed by atoms with Crippen LogP contribution in [-0.4, -0.2) is 29.3 Å². The number of hydrogen-bond donors (Lipinski definition) is 3.